The number of phenols is 1. The Morgan fingerprint density at radius 2 is 1.83 bits per heavy atom. The first-order valence-corrected chi connectivity index (χ1v) is 6.12. The average molecular weight is 326 g/mol. The summed E-state index contributed by atoms with van der Waals surface area (Å²) in [5.74, 6) is -0.606. The van der Waals surface area contributed by atoms with Gasteiger partial charge in [0.05, 0.1) is 10.6 Å². The zero-order valence-electron chi connectivity index (χ0n) is 11.3. The number of nitro benzene ring substituents is 1. The molecule has 2 rings (SSSR count). The first-order valence-electron chi connectivity index (χ1n) is 6.12. The third-order valence-corrected chi connectivity index (χ3v) is 2.64. The summed E-state index contributed by atoms with van der Waals surface area (Å²) in [6.45, 7) is 0. The van der Waals surface area contributed by atoms with Gasteiger partial charge >= 0.3 is 6.36 Å². The molecule has 0 saturated heterocycles. The van der Waals surface area contributed by atoms with Crippen LogP contribution in [-0.2, 0) is 0 Å². The molecule has 0 spiro atoms. The molecule has 0 aliphatic rings. The van der Waals surface area contributed by atoms with Crippen LogP contribution in [0.25, 0.3) is 0 Å². The van der Waals surface area contributed by atoms with Crippen molar-refractivity contribution in [2.24, 2.45) is 4.99 Å². The highest BCUT2D eigenvalue weighted by atomic mass is 19.4. The number of ether oxygens (including phenoxy) is 1. The highest BCUT2D eigenvalue weighted by molar-refractivity contribution is 5.86. The number of aromatic hydroxyl groups is 1. The van der Waals surface area contributed by atoms with Crippen molar-refractivity contribution in [3.63, 3.8) is 0 Å². The Bertz CT molecular complexity index is 743. The van der Waals surface area contributed by atoms with E-state index in [0.717, 1.165) is 30.3 Å². The van der Waals surface area contributed by atoms with E-state index in [0.29, 0.717) is 0 Å². The molecular formula is C14H9F3N2O4. The molecule has 0 amide bonds. The van der Waals surface area contributed by atoms with Crippen molar-refractivity contribution in [1.82, 2.24) is 0 Å². The number of halogens is 3. The molecule has 0 radical (unpaired) electrons. The fraction of sp³-hybridized carbons (Fsp3) is 0.0714. The van der Waals surface area contributed by atoms with Crippen LogP contribution in [0.2, 0.25) is 0 Å². The van der Waals surface area contributed by atoms with Crippen molar-refractivity contribution in [3.05, 3.63) is 58.1 Å². The highest BCUT2D eigenvalue weighted by Crippen LogP contribution is 2.26. The number of alkyl halides is 3. The standard InChI is InChI=1S/C14H9F3N2O4/c15-14(16,17)23-12-4-1-10(2-5-12)18-8-9-7-11(19(21)22)3-6-13(9)20/h1-8,20H. The summed E-state index contributed by atoms with van der Waals surface area (Å²) in [7, 11) is 0. The van der Waals surface area contributed by atoms with E-state index in [-0.39, 0.29) is 22.7 Å². The van der Waals surface area contributed by atoms with E-state index in [2.05, 4.69) is 9.73 Å². The van der Waals surface area contributed by atoms with Gasteiger partial charge in [-0.25, -0.2) is 0 Å². The lowest BCUT2D eigenvalue weighted by Crippen LogP contribution is -2.16. The molecule has 120 valence electrons. The summed E-state index contributed by atoms with van der Waals surface area (Å²) < 4.78 is 39.8. The number of nitro groups is 1. The van der Waals surface area contributed by atoms with E-state index in [1.54, 1.807) is 0 Å². The Balaban J connectivity index is 2.17. The monoisotopic (exact) mass is 326 g/mol. The number of aliphatic imine (C=N–C) groups is 1. The first kappa shape index (κ1) is 16.3. The van der Waals surface area contributed by atoms with Gasteiger partial charge in [-0.15, -0.1) is 13.2 Å². The largest absolute Gasteiger partial charge is 0.573 e. The zero-order valence-corrected chi connectivity index (χ0v) is 11.3. The summed E-state index contributed by atoms with van der Waals surface area (Å²) in [5, 5.41) is 20.3. The van der Waals surface area contributed by atoms with Crippen LogP contribution in [0.3, 0.4) is 0 Å². The molecule has 0 unspecified atom stereocenters. The molecule has 0 heterocycles. The lowest BCUT2D eigenvalue weighted by Gasteiger charge is -2.08. The summed E-state index contributed by atoms with van der Waals surface area (Å²) in [6.07, 6.45) is -3.61. The van der Waals surface area contributed by atoms with Gasteiger partial charge in [-0.1, -0.05) is 0 Å². The van der Waals surface area contributed by atoms with Crippen molar-refractivity contribution < 1.29 is 27.9 Å². The quantitative estimate of drug-likeness (QED) is 0.524. The van der Waals surface area contributed by atoms with Crippen LogP contribution in [-0.4, -0.2) is 22.6 Å². The minimum absolute atomic E-state index is 0.106. The van der Waals surface area contributed by atoms with E-state index in [9.17, 15) is 28.4 Å². The normalized spacial score (nSPS) is 11.6. The van der Waals surface area contributed by atoms with Crippen LogP contribution in [0.15, 0.2) is 47.5 Å². The second-order valence-electron chi connectivity index (χ2n) is 4.30. The molecular weight excluding hydrogens is 317 g/mol. The number of phenolic OH excluding ortho intramolecular Hbond substituents is 1. The van der Waals surface area contributed by atoms with E-state index in [1.807, 2.05) is 0 Å². The molecule has 2 aromatic rings. The minimum atomic E-state index is -4.78. The lowest BCUT2D eigenvalue weighted by molar-refractivity contribution is -0.384. The third-order valence-electron chi connectivity index (χ3n) is 2.64. The summed E-state index contributed by atoms with van der Waals surface area (Å²) in [6, 6.07) is 8.11. The molecule has 9 heteroatoms. The van der Waals surface area contributed by atoms with Crippen LogP contribution in [0.5, 0.6) is 11.5 Å². The van der Waals surface area contributed by atoms with Crippen molar-refractivity contribution in [2.45, 2.75) is 6.36 Å². The molecule has 0 aliphatic heterocycles. The van der Waals surface area contributed by atoms with Crippen LogP contribution < -0.4 is 4.74 Å². The highest BCUT2D eigenvalue weighted by Gasteiger charge is 2.30. The predicted octanol–water partition coefficient (Wildman–Crippen LogP) is 3.95. The Hall–Kier alpha value is -3.10. The van der Waals surface area contributed by atoms with Gasteiger partial charge in [0.2, 0.25) is 0 Å². The van der Waals surface area contributed by atoms with Crippen molar-refractivity contribution in [3.8, 4) is 11.5 Å². The molecule has 2 aromatic carbocycles. The maximum Gasteiger partial charge on any atom is 0.573 e. The molecule has 6 nitrogen and oxygen atoms in total. The van der Waals surface area contributed by atoms with Gasteiger partial charge in [0.15, 0.2) is 0 Å². The van der Waals surface area contributed by atoms with Gasteiger partial charge in [0, 0.05) is 23.9 Å². The molecule has 23 heavy (non-hydrogen) atoms. The second-order valence-corrected chi connectivity index (χ2v) is 4.30. The second kappa shape index (κ2) is 6.34. The predicted molar refractivity (Wildman–Crippen MR) is 75.1 cm³/mol. The van der Waals surface area contributed by atoms with Gasteiger partial charge < -0.3 is 9.84 Å². The molecule has 0 bridgehead atoms. The van der Waals surface area contributed by atoms with Crippen LogP contribution in [0.1, 0.15) is 5.56 Å². The summed E-state index contributed by atoms with van der Waals surface area (Å²) >= 11 is 0. The van der Waals surface area contributed by atoms with Crippen molar-refractivity contribution >= 4 is 17.6 Å². The van der Waals surface area contributed by atoms with Gasteiger partial charge in [-0.05, 0) is 30.3 Å². The Morgan fingerprint density at radius 3 is 2.39 bits per heavy atom. The smallest absolute Gasteiger partial charge is 0.507 e. The number of non-ortho nitro benzene ring substituents is 1. The van der Waals surface area contributed by atoms with Gasteiger partial charge in [-0.2, -0.15) is 0 Å². The maximum atomic E-state index is 12.0. The third kappa shape index (κ3) is 4.70. The molecule has 1 N–H and O–H groups in total. The fourth-order valence-electron chi connectivity index (χ4n) is 1.64. The molecule has 0 aliphatic carbocycles. The van der Waals surface area contributed by atoms with Crippen molar-refractivity contribution in [1.29, 1.82) is 0 Å². The first-order chi connectivity index (χ1) is 10.7. The SMILES string of the molecule is O=[N+]([O-])c1ccc(O)c(C=Nc2ccc(OC(F)(F)F)cc2)c1. The lowest BCUT2D eigenvalue weighted by atomic mass is 10.2. The number of hydrogen-bond donors (Lipinski definition) is 1. The van der Waals surface area contributed by atoms with E-state index >= 15 is 0 Å². The molecule has 0 saturated carbocycles. The maximum absolute atomic E-state index is 12.0. The van der Waals surface area contributed by atoms with Gasteiger partial charge in [0.25, 0.3) is 5.69 Å². The Labute approximate surface area is 127 Å². The summed E-state index contributed by atoms with van der Waals surface area (Å²) in [5.41, 5.74) is 0.165. The van der Waals surface area contributed by atoms with Crippen molar-refractivity contribution in [2.75, 3.05) is 0 Å². The van der Waals surface area contributed by atoms with E-state index in [1.165, 1.54) is 18.3 Å². The molecule has 0 atom stereocenters. The number of hydrogen-bond acceptors (Lipinski definition) is 5. The molecule has 0 fully saturated rings. The number of nitrogens with zero attached hydrogens (tertiary/aromatic N) is 2. The zero-order chi connectivity index (χ0) is 17.0. The van der Waals surface area contributed by atoms with Gasteiger partial charge in [-0.3, -0.25) is 15.1 Å². The molecule has 0 aromatic heterocycles. The van der Waals surface area contributed by atoms with E-state index < -0.39 is 17.0 Å². The van der Waals surface area contributed by atoms with Crippen LogP contribution in [0, 0.1) is 10.1 Å². The topological polar surface area (TPSA) is 85.0 Å². The number of benzene rings is 2. The number of rotatable bonds is 4. The average Bonchev–Trinajstić information content (AvgIpc) is 2.46. The van der Waals surface area contributed by atoms with E-state index in [4.69, 9.17) is 0 Å². The Kier molecular flexibility index (Phi) is 4.49. The fourth-order valence-corrected chi connectivity index (χ4v) is 1.64. The van der Waals surface area contributed by atoms with Gasteiger partial charge in [0.1, 0.15) is 11.5 Å². The summed E-state index contributed by atoms with van der Waals surface area (Å²) in [4.78, 5) is 14.0. The van der Waals surface area contributed by atoms with Crippen LogP contribution >= 0.6 is 0 Å². The van der Waals surface area contributed by atoms with Crippen LogP contribution in [0.4, 0.5) is 24.5 Å². The minimum Gasteiger partial charge on any atom is -0.507 e. The Morgan fingerprint density at radius 1 is 1.17 bits per heavy atom.